The van der Waals surface area contributed by atoms with Crippen LogP contribution >= 0.6 is 15.6 Å². The minimum absolute atomic E-state index is 0.214. The molecule has 46 heavy (non-hydrogen) atoms. The van der Waals surface area contributed by atoms with E-state index in [9.17, 15) is 28.5 Å². The number of hydrogen-bond donors (Lipinski definition) is 6. The number of imidazole rings is 2. The maximum atomic E-state index is 15.9. The molecule has 0 saturated carbocycles. The molecule has 4 aromatic heterocycles. The first-order valence-electron chi connectivity index (χ1n) is 13.1. The zero-order valence-electron chi connectivity index (χ0n) is 22.7. The van der Waals surface area contributed by atoms with Crippen molar-refractivity contribution in [3.63, 3.8) is 0 Å². The Bertz CT molecular complexity index is 1910. The molecule has 10 atom stereocenters. The molecule has 3 aliphatic heterocycles. The number of alkyl halides is 2. The molecule has 248 valence electrons. The summed E-state index contributed by atoms with van der Waals surface area (Å²) in [6.07, 6.45) is -13.4. The first-order chi connectivity index (χ1) is 21.7. The van der Waals surface area contributed by atoms with Crippen LogP contribution in [0.2, 0.25) is 0 Å². The number of hydrogen-bond acceptors (Lipinski definition) is 16. The van der Waals surface area contributed by atoms with Crippen LogP contribution in [0.25, 0.3) is 22.3 Å². The predicted molar refractivity (Wildman–Crippen MR) is 144 cm³/mol. The van der Waals surface area contributed by atoms with E-state index in [1.165, 1.54) is 0 Å². The molecule has 0 bridgehead atoms. The van der Waals surface area contributed by atoms with Crippen molar-refractivity contribution in [2.45, 2.75) is 49.2 Å². The van der Waals surface area contributed by atoms with Crippen LogP contribution in [0.3, 0.4) is 0 Å². The van der Waals surface area contributed by atoms with Gasteiger partial charge in [0.2, 0.25) is 11.9 Å². The van der Waals surface area contributed by atoms with E-state index < -0.39 is 89.2 Å². The fourth-order valence-corrected chi connectivity index (χ4v) is 7.23. The molecule has 7 heterocycles. The number of anilines is 2. The maximum Gasteiger partial charge on any atom is 0.472 e. The highest BCUT2D eigenvalue weighted by Gasteiger charge is 2.55. The van der Waals surface area contributed by atoms with Gasteiger partial charge in [-0.2, -0.15) is 9.97 Å². The highest BCUT2D eigenvalue weighted by Crippen LogP contribution is 2.54. The Morgan fingerprint density at radius 2 is 1.17 bits per heavy atom. The molecule has 22 nitrogen and oxygen atoms in total. The first-order valence-corrected chi connectivity index (χ1v) is 16.1. The lowest BCUT2D eigenvalue weighted by molar-refractivity contribution is -0.0662. The summed E-state index contributed by atoms with van der Waals surface area (Å²) >= 11 is 0. The van der Waals surface area contributed by atoms with Crippen LogP contribution in [0.1, 0.15) is 12.5 Å². The van der Waals surface area contributed by atoms with Gasteiger partial charge < -0.3 is 30.7 Å². The first kappa shape index (κ1) is 30.9. The standard InChI is InChI=1S/C20H22F2N10O12P2/c21-7-11-5(41-17(7)31-3-25-9-13(31)27-19(23)29-15(9)33)1-39-45(35,36)44-12-6(2-40-46(37,38)43-11)42-18(8(12)22)32-4-26-10-14(32)28-20(24)30-16(10)34/h3-8,11-12,17-18H,1-2H2,(H,35,36)(H,37,38)(H3,23,27,29,33)(H3,24,28,30,34)/t5-,6-,7+,8+,11+,12?,17?,18-/m1/s1. The minimum atomic E-state index is -5.22. The van der Waals surface area contributed by atoms with E-state index in [0.29, 0.717) is 0 Å². The number of aromatic amines is 2. The predicted octanol–water partition coefficient (Wildman–Crippen LogP) is -1.09. The summed E-state index contributed by atoms with van der Waals surface area (Å²) in [5, 5.41) is 0. The number of phosphoric acid groups is 2. The molecule has 4 aromatic rings. The van der Waals surface area contributed by atoms with Crippen LogP contribution in [0.15, 0.2) is 22.2 Å². The molecule has 3 aliphatic rings. The number of halogens is 2. The second-order valence-electron chi connectivity index (χ2n) is 10.2. The molecule has 0 radical (unpaired) electrons. The van der Waals surface area contributed by atoms with Gasteiger partial charge in [-0.15, -0.1) is 0 Å². The largest absolute Gasteiger partial charge is 0.472 e. The summed E-state index contributed by atoms with van der Waals surface area (Å²) in [6.45, 7) is -1.98. The van der Waals surface area contributed by atoms with Crippen LogP contribution < -0.4 is 22.6 Å². The lowest BCUT2D eigenvalue weighted by Crippen LogP contribution is -2.37. The summed E-state index contributed by atoms with van der Waals surface area (Å²) < 4.78 is 91.0. The average Bonchev–Trinajstić information content (AvgIpc) is 3.72. The number of phosphoric ester groups is 2. The zero-order chi connectivity index (χ0) is 32.7. The van der Waals surface area contributed by atoms with Gasteiger partial charge in [-0.05, 0) is 0 Å². The van der Waals surface area contributed by atoms with Crippen molar-refractivity contribution in [3.05, 3.63) is 33.4 Å². The Balaban J connectivity index is 1.18. The summed E-state index contributed by atoms with van der Waals surface area (Å²) in [5.74, 6) is -0.663. The third kappa shape index (κ3) is 5.31. The number of ether oxygens (including phenoxy) is 2. The summed E-state index contributed by atoms with van der Waals surface area (Å²) in [7, 11) is -10.4. The number of rotatable bonds is 2. The molecule has 7 rings (SSSR count). The van der Waals surface area contributed by atoms with Crippen LogP contribution in [0.4, 0.5) is 20.7 Å². The van der Waals surface area contributed by atoms with Crippen molar-refractivity contribution in [1.29, 1.82) is 0 Å². The van der Waals surface area contributed by atoms with Gasteiger partial charge in [0.05, 0.1) is 25.9 Å². The third-order valence-corrected chi connectivity index (χ3v) is 9.27. The van der Waals surface area contributed by atoms with Gasteiger partial charge in [0.15, 0.2) is 47.1 Å². The molecule has 26 heteroatoms. The van der Waals surface area contributed by atoms with Gasteiger partial charge >= 0.3 is 15.6 Å². The Hall–Kier alpha value is -3.70. The van der Waals surface area contributed by atoms with E-state index in [1.807, 2.05) is 0 Å². The number of nitrogens with two attached hydrogens (primary N) is 2. The zero-order valence-corrected chi connectivity index (χ0v) is 24.4. The number of H-pyrrole nitrogens is 2. The van der Waals surface area contributed by atoms with Crippen molar-refractivity contribution in [2.24, 2.45) is 0 Å². The van der Waals surface area contributed by atoms with Gasteiger partial charge in [-0.1, -0.05) is 0 Å². The number of nitrogens with zero attached hydrogens (tertiary/aromatic N) is 6. The molecule has 0 amide bonds. The van der Waals surface area contributed by atoms with Gasteiger partial charge in [0.25, 0.3) is 11.1 Å². The Morgan fingerprint density at radius 1 is 0.783 bits per heavy atom. The van der Waals surface area contributed by atoms with Crippen molar-refractivity contribution >= 4 is 49.9 Å². The maximum absolute atomic E-state index is 15.9. The van der Waals surface area contributed by atoms with Crippen LogP contribution in [0.5, 0.6) is 0 Å². The lowest BCUT2D eigenvalue weighted by Gasteiger charge is -2.27. The van der Waals surface area contributed by atoms with E-state index in [2.05, 4.69) is 29.9 Å². The summed E-state index contributed by atoms with van der Waals surface area (Å²) in [4.78, 5) is 65.3. The molecule has 3 saturated heterocycles. The SMILES string of the molecule is Nc1nc2c(ncn2C2O[C@@H]3COP(=O)(O)OC4[C@@H](COP(=O)(O)O[C@@H]3[C@@H]2F)O[C@@H](n2cnc3c(=O)[nH]c(N)nc32)[C@H]4F)c(=O)[nH]1. The van der Waals surface area contributed by atoms with Crippen LogP contribution in [-0.4, -0.2) is 98.8 Å². The van der Waals surface area contributed by atoms with Gasteiger partial charge in [-0.3, -0.25) is 46.8 Å². The fraction of sp³-hybridized carbons (Fsp3) is 0.500. The smallest absolute Gasteiger partial charge is 0.369 e. The van der Waals surface area contributed by atoms with E-state index in [1.54, 1.807) is 0 Å². The third-order valence-electron chi connectivity index (χ3n) is 7.30. The highest BCUT2D eigenvalue weighted by molar-refractivity contribution is 7.47. The van der Waals surface area contributed by atoms with E-state index in [0.717, 1.165) is 21.8 Å². The monoisotopic (exact) mass is 694 g/mol. The van der Waals surface area contributed by atoms with Crippen molar-refractivity contribution < 1.29 is 55.3 Å². The number of nitrogens with one attached hydrogen (secondary N) is 2. The second-order valence-corrected chi connectivity index (χ2v) is 13.1. The molecule has 0 spiro atoms. The van der Waals surface area contributed by atoms with Gasteiger partial charge in [0, 0.05) is 0 Å². The van der Waals surface area contributed by atoms with Gasteiger partial charge in [-0.25, -0.2) is 27.9 Å². The molecule has 0 aromatic carbocycles. The Labute approximate surface area is 251 Å². The van der Waals surface area contributed by atoms with Crippen LogP contribution in [0, 0.1) is 0 Å². The lowest BCUT2D eigenvalue weighted by atomic mass is 10.1. The molecular weight excluding hydrogens is 672 g/mol. The fourth-order valence-electron chi connectivity index (χ4n) is 5.32. The number of nitrogen functional groups attached to an aromatic ring is 2. The second kappa shape index (κ2) is 10.9. The topological polar surface area (TPSA) is 309 Å². The molecule has 3 fully saturated rings. The van der Waals surface area contributed by atoms with Crippen LogP contribution in [-0.2, 0) is 36.7 Å². The summed E-state index contributed by atoms with van der Waals surface area (Å²) in [6, 6.07) is 0. The quantitative estimate of drug-likeness (QED) is 0.136. The molecular formula is C20H22F2N10O12P2. The normalized spacial score (nSPS) is 37.1. The molecule has 4 unspecified atom stereocenters. The number of aromatic nitrogens is 8. The summed E-state index contributed by atoms with van der Waals surface area (Å²) in [5.41, 5.74) is 8.77. The van der Waals surface area contributed by atoms with E-state index >= 15 is 8.78 Å². The number of fused-ring (bicyclic) bond motifs is 4. The van der Waals surface area contributed by atoms with Crippen molar-refractivity contribution in [3.8, 4) is 0 Å². The van der Waals surface area contributed by atoms with Gasteiger partial charge in [0.1, 0.15) is 24.4 Å². The van der Waals surface area contributed by atoms with E-state index in [-0.39, 0.29) is 34.2 Å². The molecule has 0 aliphatic carbocycles. The Morgan fingerprint density at radius 3 is 1.57 bits per heavy atom. The highest BCUT2D eigenvalue weighted by atomic mass is 31.2. The molecule has 8 N–H and O–H groups in total. The van der Waals surface area contributed by atoms with Crippen molar-refractivity contribution in [1.82, 2.24) is 39.0 Å². The minimum Gasteiger partial charge on any atom is -0.369 e. The average molecular weight is 694 g/mol. The van der Waals surface area contributed by atoms with Crippen molar-refractivity contribution in [2.75, 3.05) is 24.7 Å². The Kier molecular flexibility index (Phi) is 7.36. The van der Waals surface area contributed by atoms with E-state index in [4.69, 9.17) is 39.0 Å².